The third-order valence-electron chi connectivity index (χ3n) is 2.71. The molecule has 1 N–H and O–H groups in total. The molecule has 0 radical (unpaired) electrons. The van der Waals surface area contributed by atoms with E-state index >= 15 is 0 Å². The van der Waals surface area contributed by atoms with E-state index in [4.69, 9.17) is 0 Å². The normalized spacial score (nSPS) is 16.6. The summed E-state index contributed by atoms with van der Waals surface area (Å²) < 4.78 is 0.752. The number of carbonyl (C=O) groups excluding carboxylic acids is 1. The van der Waals surface area contributed by atoms with Crippen LogP contribution in [0.15, 0.2) is 15.9 Å². The van der Waals surface area contributed by atoms with Crippen molar-refractivity contribution in [3.8, 4) is 0 Å². The van der Waals surface area contributed by atoms with Gasteiger partial charge in [-0.1, -0.05) is 0 Å². The molecule has 1 saturated carbocycles. The second kappa shape index (κ2) is 4.78. The first-order valence-corrected chi connectivity index (χ1v) is 6.94. The van der Waals surface area contributed by atoms with Crippen molar-refractivity contribution in [2.24, 2.45) is 0 Å². The number of amides is 1. The molecule has 1 atom stereocenters. The second-order valence-corrected chi connectivity index (χ2v) is 5.83. The van der Waals surface area contributed by atoms with Gasteiger partial charge in [-0.2, -0.15) is 0 Å². The van der Waals surface area contributed by atoms with Crippen LogP contribution in [0.2, 0.25) is 0 Å². The van der Waals surface area contributed by atoms with Crippen LogP contribution in [-0.4, -0.2) is 27.9 Å². The van der Waals surface area contributed by atoms with Gasteiger partial charge in [0.1, 0.15) is 0 Å². The van der Waals surface area contributed by atoms with Crippen molar-refractivity contribution in [2.75, 3.05) is 0 Å². The third kappa shape index (κ3) is 2.52. The molecule has 1 aromatic rings. The van der Waals surface area contributed by atoms with Gasteiger partial charge in [0, 0.05) is 17.4 Å². The minimum absolute atomic E-state index is 0.0857. The molecule has 0 saturated heterocycles. The quantitative estimate of drug-likeness (QED) is 0.928. The Hall–Kier alpha value is -0.880. The molecular formula is C11H12BrNO3S. The molecule has 2 rings (SSSR count). The number of hydrogen-bond acceptors (Lipinski definition) is 3. The summed E-state index contributed by atoms with van der Waals surface area (Å²) in [5.41, 5.74) is 0. The van der Waals surface area contributed by atoms with Gasteiger partial charge in [0.05, 0.1) is 4.88 Å². The summed E-state index contributed by atoms with van der Waals surface area (Å²) in [6.45, 7) is 1.43. The lowest BCUT2D eigenvalue weighted by atomic mass is 10.2. The number of carboxylic acid groups (broad SMARTS) is 1. The zero-order chi connectivity index (χ0) is 12.6. The van der Waals surface area contributed by atoms with E-state index < -0.39 is 12.0 Å². The predicted molar refractivity (Wildman–Crippen MR) is 67.9 cm³/mol. The topological polar surface area (TPSA) is 57.6 Å². The second-order valence-electron chi connectivity index (χ2n) is 4.03. The Balaban J connectivity index is 2.37. The predicted octanol–water partition coefficient (Wildman–Crippen LogP) is 2.65. The maximum atomic E-state index is 11.6. The van der Waals surface area contributed by atoms with Gasteiger partial charge in [0.15, 0.2) is 6.04 Å². The van der Waals surface area contributed by atoms with Crippen LogP contribution in [0.5, 0.6) is 0 Å². The first-order chi connectivity index (χ1) is 8.02. The summed E-state index contributed by atoms with van der Waals surface area (Å²) in [6.07, 6.45) is 1.79. The van der Waals surface area contributed by atoms with Gasteiger partial charge in [-0.05, 0) is 40.2 Å². The van der Waals surface area contributed by atoms with Gasteiger partial charge in [-0.3, -0.25) is 4.79 Å². The Kier molecular flexibility index (Phi) is 3.53. The molecular weight excluding hydrogens is 306 g/mol. The number of carboxylic acids is 1. The monoisotopic (exact) mass is 317 g/mol. The fourth-order valence-electron chi connectivity index (χ4n) is 1.86. The minimum Gasteiger partial charge on any atom is -0.479 e. The largest absolute Gasteiger partial charge is 0.479 e. The molecule has 1 aliphatic carbocycles. The van der Waals surface area contributed by atoms with Gasteiger partial charge >= 0.3 is 5.97 Å². The van der Waals surface area contributed by atoms with Crippen LogP contribution in [0.3, 0.4) is 0 Å². The molecule has 1 heterocycles. The van der Waals surface area contributed by atoms with Crippen molar-refractivity contribution in [3.63, 3.8) is 0 Å². The van der Waals surface area contributed by atoms with Crippen molar-refractivity contribution in [1.82, 2.24) is 4.90 Å². The van der Waals surface area contributed by atoms with E-state index in [9.17, 15) is 14.7 Å². The molecule has 0 aromatic carbocycles. The molecule has 1 amide bonds. The molecule has 1 aliphatic rings. The van der Waals surface area contributed by atoms with E-state index in [1.54, 1.807) is 6.07 Å². The number of halogens is 1. The molecule has 6 heteroatoms. The first-order valence-electron chi connectivity index (χ1n) is 5.27. The number of hydrogen-bond donors (Lipinski definition) is 1. The zero-order valence-corrected chi connectivity index (χ0v) is 11.6. The van der Waals surface area contributed by atoms with Crippen molar-refractivity contribution in [3.05, 3.63) is 20.8 Å². The van der Waals surface area contributed by atoms with Crippen molar-refractivity contribution in [1.29, 1.82) is 0 Å². The highest BCUT2D eigenvalue weighted by Crippen LogP contribution is 2.39. The van der Waals surface area contributed by atoms with Crippen LogP contribution in [0.25, 0.3) is 0 Å². The van der Waals surface area contributed by atoms with Gasteiger partial charge in [0.2, 0.25) is 5.91 Å². The number of carbonyl (C=O) groups is 2. The fourth-order valence-corrected chi connectivity index (χ4v) is 3.54. The Morgan fingerprint density at radius 2 is 2.24 bits per heavy atom. The summed E-state index contributed by atoms with van der Waals surface area (Å²) >= 11 is 4.69. The highest BCUT2D eigenvalue weighted by atomic mass is 79.9. The van der Waals surface area contributed by atoms with Gasteiger partial charge in [-0.25, -0.2) is 4.79 Å². The van der Waals surface area contributed by atoms with Crippen molar-refractivity contribution < 1.29 is 14.7 Å². The zero-order valence-electron chi connectivity index (χ0n) is 9.22. The van der Waals surface area contributed by atoms with E-state index in [1.807, 2.05) is 5.38 Å². The highest BCUT2D eigenvalue weighted by molar-refractivity contribution is 9.10. The number of thiophene rings is 1. The standard InChI is InChI=1S/C11H12BrNO3S/c1-6(14)13(7-2-3-7)9(11(15)16)10-8(12)4-5-17-10/h4-5,7,9H,2-3H2,1H3,(H,15,16). The lowest BCUT2D eigenvalue weighted by Gasteiger charge is -2.27. The van der Waals surface area contributed by atoms with Crippen molar-refractivity contribution >= 4 is 39.1 Å². The summed E-state index contributed by atoms with van der Waals surface area (Å²) in [5.74, 6) is -1.16. The fraction of sp³-hybridized carbons (Fsp3) is 0.455. The van der Waals surface area contributed by atoms with Crippen LogP contribution >= 0.6 is 27.3 Å². The molecule has 0 bridgehead atoms. The van der Waals surface area contributed by atoms with Gasteiger partial charge in [0.25, 0.3) is 0 Å². The Labute approximate surface area is 111 Å². The molecule has 92 valence electrons. The van der Waals surface area contributed by atoms with Crippen LogP contribution in [0, 0.1) is 0 Å². The van der Waals surface area contributed by atoms with E-state index in [0.717, 1.165) is 17.3 Å². The summed E-state index contributed by atoms with van der Waals surface area (Å²) in [5, 5.41) is 11.2. The molecule has 4 nitrogen and oxygen atoms in total. The maximum absolute atomic E-state index is 11.6. The van der Waals surface area contributed by atoms with E-state index in [-0.39, 0.29) is 11.9 Å². The molecule has 0 spiro atoms. The van der Waals surface area contributed by atoms with Gasteiger partial charge in [-0.15, -0.1) is 11.3 Å². The summed E-state index contributed by atoms with van der Waals surface area (Å²) in [4.78, 5) is 25.2. The number of rotatable bonds is 4. The molecule has 0 aliphatic heterocycles. The summed E-state index contributed by atoms with van der Waals surface area (Å²) in [7, 11) is 0. The van der Waals surface area contributed by atoms with Crippen molar-refractivity contribution in [2.45, 2.75) is 31.8 Å². The Morgan fingerprint density at radius 1 is 1.59 bits per heavy atom. The average molecular weight is 318 g/mol. The van der Waals surface area contributed by atoms with E-state index in [0.29, 0.717) is 4.88 Å². The van der Waals surface area contributed by atoms with E-state index in [1.165, 1.54) is 23.2 Å². The molecule has 1 fully saturated rings. The lowest BCUT2D eigenvalue weighted by molar-refractivity contribution is -0.150. The average Bonchev–Trinajstić information content (AvgIpc) is 2.97. The van der Waals surface area contributed by atoms with Crippen LogP contribution in [0.1, 0.15) is 30.7 Å². The maximum Gasteiger partial charge on any atom is 0.332 e. The Morgan fingerprint density at radius 3 is 2.59 bits per heavy atom. The Bertz CT molecular complexity index is 455. The molecule has 1 aromatic heterocycles. The van der Waals surface area contributed by atoms with Crippen LogP contribution in [-0.2, 0) is 9.59 Å². The smallest absolute Gasteiger partial charge is 0.332 e. The molecule has 17 heavy (non-hydrogen) atoms. The number of aliphatic carboxylic acids is 1. The summed E-state index contributed by atoms with van der Waals surface area (Å²) in [6, 6.07) is 1.03. The van der Waals surface area contributed by atoms with E-state index in [2.05, 4.69) is 15.9 Å². The van der Waals surface area contributed by atoms with Crippen LogP contribution < -0.4 is 0 Å². The van der Waals surface area contributed by atoms with Gasteiger partial charge < -0.3 is 10.0 Å². The number of nitrogens with zero attached hydrogens (tertiary/aromatic N) is 1. The van der Waals surface area contributed by atoms with Crippen LogP contribution in [0.4, 0.5) is 0 Å². The molecule has 1 unspecified atom stereocenters. The third-order valence-corrected chi connectivity index (χ3v) is 4.63. The first kappa shape index (κ1) is 12.6. The highest BCUT2D eigenvalue weighted by Gasteiger charge is 2.41. The SMILES string of the molecule is CC(=O)N(C1CC1)C(C(=O)O)c1sccc1Br. The lowest BCUT2D eigenvalue weighted by Crippen LogP contribution is -2.39. The minimum atomic E-state index is -0.977.